The van der Waals surface area contributed by atoms with Gasteiger partial charge in [-0.05, 0) is 13.8 Å². The van der Waals surface area contributed by atoms with Crippen molar-refractivity contribution in [2.45, 2.75) is 13.8 Å². The van der Waals surface area contributed by atoms with E-state index < -0.39 is 11.9 Å². The van der Waals surface area contributed by atoms with Gasteiger partial charge in [0.2, 0.25) is 0 Å². The molecule has 0 spiro atoms. The maximum Gasteiger partial charge on any atom is 0.330 e. The first-order valence-electron chi connectivity index (χ1n) is 4.82. The Labute approximate surface area is 117 Å². The lowest BCUT2D eigenvalue weighted by Gasteiger charge is -1.79. The Balaban J connectivity index is -0.0000000871. The number of methoxy groups -OCH3 is 2. The van der Waals surface area contributed by atoms with Crippen LogP contribution in [0.15, 0.2) is 24.3 Å². The molecule has 0 bridgehead atoms. The van der Waals surface area contributed by atoms with E-state index in [1.54, 1.807) is 0 Å². The zero-order chi connectivity index (χ0) is 17.1. The fourth-order valence-electron chi connectivity index (χ4n) is 0. The van der Waals surface area contributed by atoms with E-state index in [1.807, 2.05) is 0 Å². The Hall–Kier alpha value is -2.64. The smallest absolute Gasteiger partial charge is 0.330 e. The first kappa shape index (κ1) is 26.0. The Morgan fingerprint density at radius 3 is 0.950 bits per heavy atom. The van der Waals surface area contributed by atoms with Crippen LogP contribution in [0.25, 0.3) is 0 Å². The van der Waals surface area contributed by atoms with Crippen LogP contribution in [0.4, 0.5) is 0 Å². The fourth-order valence-corrected chi connectivity index (χ4v) is 0. The highest BCUT2D eigenvalue weighted by molar-refractivity contribution is 5.85. The van der Waals surface area contributed by atoms with Crippen molar-refractivity contribution in [3.63, 3.8) is 0 Å². The van der Waals surface area contributed by atoms with E-state index in [1.165, 1.54) is 28.1 Å². The van der Waals surface area contributed by atoms with Crippen LogP contribution in [0.3, 0.4) is 0 Å². The minimum absolute atomic E-state index is 0.176. The molecule has 0 fully saturated rings. The molecule has 0 aliphatic rings. The molecule has 0 saturated heterocycles. The molecule has 0 amide bonds. The number of aliphatic carboxylic acids is 2. The van der Waals surface area contributed by atoms with E-state index in [-0.39, 0.29) is 11.1 Å². The molecule has 2 N–H and O–H groups in total. The van der Waals surface area contributed by atoms with Gasteiger partial charge in [-0.25, -0.2) is 9.59 Å². The van der Waals surface area contributed by atoms with Crippen LogP contribution in [0, 0.1) is 0 Å². The zero-order valence-corrected chi connectivity index (χ0v) is 11.9. The number of carbonyl (C=O) groups excluding carboxylic acids is 2. The van der Waals surface area contributed by atoms with E-state index >= 15 is 0 Å². The van der Waals surface area contributed by atoms with Crippen LogP contribution >= 0.6 is 0 Å². The molecule has 8 nitrogen and oxygen atoms in total. The van der Waals surface area contributed by atoms with Gasteiger partial charge in [-0.1, -0.05) is 13.2 Å². The lowest BCUT2D eigenvalue weighted by atomic mass is 10.4. The van der Waals surface area contributed by atoms with Gasteiger partial charge in [0.05, 0.1) is 14.2 Å². The molecule has 0 unspecified atom stereocenters. The number of carboxylic acids is 2. The summed E-state index contributed by atoms with van der Waals surface area (Å²) < 4.78 is 7.72. The summed E-state index contributed by atoms with van der Waals surface area (Å²) in [7, 11) is 2.62. The second-order valence-corrected chi connectivity index (χ2v) is 2.83. The van der Waals surface area contributed by atoms with Crippen LogP contribution in [-0.4, -0.2) is 49.3 Å². The van der Waals surface area contributed by atoms with Gasteiger partial charge in [0.15, 0.2) is 0 Å². The number of carbonyl (C=O) groups is 4. The maximum atomic E-state index is 9.60. The molecule has 8 heteroatoms. The third-order valence-corrected chi connectivity index (χ3v) is 0.923. The normalized spacial score (nSPS) is 6.60. The van der Waals surface area contributed by atoms with Gasteiger partial charge in [0.25, 0.3) is 12.9 Å². The average Bonchev–Trinajstić information content (AvgIpc) is 2.39. The third-order valence-electron chi connectivity index (χ3n) is 0.923. The summed E-state index contributed by atoms with van der Waals surface area (Å²) >= 11 is 0. The van der Waals surface area contributed by atoms with E-state index in [0.717, 1.165) is 0 Å². The quantitative estimate of drug-likeness (QED) is 0.577. The Morgan fingerprint density at radius 1 is 0.850 bits per heavy atom. The molecule has 0 aromatic carbocycles. The summed E-state index contributed by atoms with van der Waals surface area (Å²) in [6, 6.07) is 0. The lowest BCUT2D eigenvalue weighted by molar-refractivity contribution is -0.133. The molecule has 0 aliphatic carbocycles. The predicted molar refractivity (Wildman–Crippen MR) is 71.0 cm³/mol. The van der Waals surface area contributed by atoms with Crippen molar-refractivity contribution in [3.8, 4) is 0 Å². The number of carboxylic acid groups (broad SMARTS) is 2. The molecule has 116 valence electrons. The van der Waals surface area contributed by atoms with Crippen molar-refractivity contribution in [1.29, 1.82) is 0 Å². The van der Waals surface area contributed by atoms with Crippen molar-refractivity contribution in [1.82, 2.24) is 0 Å². The Morgan fingerprint density at radius 2 is 0.950 bits per heavy atom. The predicted octanol–water partition coefficient (Wildman–Crippen LogP) is 0.873. The van der Waals surface area contributed by atoms with Gasteiger partial charge in [-0.2, -0.15) is 0 Å². The van der Waals surface area contributed by atoms with Crippen LogP contribution < -0.4 is 0 Å². The summed E-state index contributed by atoms with van der Waals surface area (Å²) in [6.45, 7) is 9.95. The molecule has 0 atom stereocenters. The van der Waals surface area contributed by atoms with E-state index in [9.17, 15) is 9.59 Å². The molecule has 0 rings (SSSR count). The molecule has 20 heavy (non-hydrogen) atoms. The van der Waals surface area contributed by atoms with Crippen molar-refractivity contribution < 1.29 is 38.9 Å². The maximum absolute atomic E-state index is 9.60. The van der Waals surface area contributed by atoms with E-state index in [0.29, 0.717) is 12.9 Å². The number of ether oxygens (including phenoxy) is 2. The van der Waals surface area contributed by atoms with Gasteiger partial charge in [-0.15, -0.1) is 0 Å². The molecule has 0 radical (unpaired) electrons. The second kappa shape index (κ2) is 21.6. The molecule has 0 aromatic heterocycles. The van der Waals surface area contributed by atoms with Gasteiger partial charge in [0.1, 0.15) is 0 Å². The van der Waals surface area contributed by atoms with Crippen molar-refractivity contribution in [2.24, 2.45) is 0 Å². The largest absolute Gasteiger partial charge is 0.478 e. The fraction of sp³-hybridized carbons (Fsp3) is 0.333. The first-order valence-corrected chi connectivity index (χ1v) is 4.82. The highest BCUT2D eigenvalue weighted by Gasteiger charge is 1.90. The molecule has 0 aliphatic heterocycles. The summed E-state index contributed by atoms with van der Waals surface area (Å²) in [5.41, 5.74) is 0.352. The highest BCUT2D eigenvalue weighted by atomic mass is 16.5. The number of rotatable bonds is 4. The summed E-state index contributed by atoms with van der Waals surface area (Å²) in [6.07, 6.45) is 0. The van der Waals surface area contributed by atoms with Gasteiger partial charge >= 0.3 is 11.9 Å². The first-order chi connectivity index (χ1) is 9.11. The molecular formula is C12H20O8. The highest BCUT2D eigenvalue weighted by Crippen LogP contribution is 1.81. The van der Waals surface area contributed by atoms with Crippen molar-refractivity contribution in [3.05, 3.63) is 24.3 Å². The van der Waals surface area contributed by atoms with E-state index in [2.05, 4.69) is 22.6 Å². The lowest BCUT2D eigenvalue weighted by Crippen LogP contribution is -1.92. The summed E-state index contributed by atoms with van der Waals surface area (Å²) in [5, 5.41) is 15.8. The van der Waals surface area contributed by atoms with E-state index in [4.69, 9.17) is 19.8 Å². The zero-order valence-electron chi connectivity index (χ0n) is 11.9. The van der Waals surface area contributed by atoms with Gasteiger partial charge in [-0.3, -0.25) is 9.59 Å². The van der Waals surface area contributed by atoms with Crippen LogP contribution in [0.5, 0.6) is 0 Å². The molecule has 0 saturated carbocycles. The summed E-state index contributed by atoms with van der Waals surface area (Å²) in [4.78, 5) is 37.1. The van der Waals surface area contributed by atoms with Gasteiger partial charge < -0.3 is 19.7 Å². The SMILES string of the molecule is C=C(C)C(=O)O.C=C(C)C(=O)O.COC=O.COC=O. The van der Waals surface area contributed by atoms with Crippen molar-refractivity contribution in [2.75, 3.05) is 14.2 Å². The molecule has 0 heterocycles. The monoisotopic (exact) mass is 292 g/mol. The summed E-state index contributed by atoms with van der Waals surface area (Å²) in [5.74, 6) is -1.87. The number of hydrogen-bond acceptors (Lipinski definition) is 6. The minimum Gasteiger partial charge on any atom is -0.478 e. The average molecular weight is 292 g/mol. The Bertz CT molecular complexity index is 263. The number of hydrogen-bond donors (Lipinski definition) is 2. The topological polar surface area (TPSA) is 127 Å². The van der Waals surface area contributed by atoms with Crippen LogP contribution in [0.1, 0.15) is 13.8 Å². The van der Waals surface area contributed by atoms with Crippen molar-refractivity contribution >= 4 is 24.9 Å². The standard InChI is InChI=1S/2C4H6O2.2C2H4O2/c2*1-3(2)4(5)6;2*1-4-2-3/h2*1H2,2H3,(H,5,6);2*2H,1H3. The Kier molecular flexibility index (Phi) is 28.1. The van der Waals surface area contributed by atoms with Gasteiger partial charge in [0, 0.05) is 11.1 Å². The van der Waals surface area contributed by atoms with Crippen LogP contribution in [-0.2, 0) is 28.7 Å². The second-order valence-electron chi connectivity index (χ2n) is 2.83. The molecule has 0 aromatic rings. The minimum atomic E-state index is -0.935. The van der Waals surface area contributed by atoms with Crippen LogP contribution in [0.2, 0.25) is 0 Å². The third kappa shape index (κ3) is 58.5. The molecular weight excluding hydrogens is 272 g/mol.